The summed E-state index contributed by atoms with van der Waals surface area (Å²) in [7, 11) is 1.33. The quantitative estimate of drug-likeness (QED) is 0.676. The predicted molar refractivity (Wildman–Crippen MR) is 83.2 cm³/mol. The maximum atomic E-state index is 11.8. The van der Waals surface area contributed by atoms with E-state index in [9.17, 15) is 4.79 Å². The second-order valence-corrected chi connectivity index (χ2v) is 4.76. The molecule has 0 bridgehead atoms. The molecule has 1 heterocycles. The van der Waals surface area contributed by atoms with Gasteiger partial charge in [-0.3, -0.25) is 0 Å². The van der Waals surface area contributed by atoms with Crippen molar-refractivity contribution < 1.29 is 9.53 Å². The van der Waals surface area contributed by atoms with Crippen LogP contribution in [0.1, 0.15) is 16.1 Å². The van der Waals surface area contributed by atoms with Gasteiger partial charge in [-0.15, -0.1) is 0 Å². The van der Waals surface area contributed by atoms with Gasteiger partial charge < -0.3 is 4.74 Å². The number of rotatable bonds is 2. The van der Waals surface area contributed by atoms with Gasteiger partial charge in [-0.2, -0.15) is 5.26 Å². The van der Waals surface area contributed by atoms with Gasteiger partial charge in [-0.25, -0.2) is 9.78 Å². The Hall–Kier alpha value is -3.19. The predicted octanol–water partition coefficient (Wildman–Crippen LogP) is 3.56. The average Bonchev–Trinajstić information content (AvgIpc) is 2.60. The zero-order valence-corrected chi connectivity index (χ0v) is 11.9. The number of nitrogens with zero attached hydrogens (tertiary/aromatic N) is 2. The van der Waals surface area contributed by atoms with Crippen molar-refractivity contribution >= 4 is 16.9 Å². The summed E-state index contributed by atoms with van der Waals surface area (Å²) in [6.45, 7) is 0. The first-order chi connectivity index (χ1) is 10.7. The number of aromatic nitrogens is 1. The van der Waals surface area contributed by atoms with Crippen molar-refractivity contribution in [3.63, 3.8) is 0 Å². The number of pyridine rings is 1. The lowest BCUT2D eigenvalue weighted by Crippen LogP contribution is -2.05. The monoisotopic (exact) mass is 288 g/mol. The first kappa shape index (κ1) is 13.8. The Morgan fingerprint density at radius 3 is 2.59 bits per heavy atom. The van der Waals surface area contributed by atoms with Crippen molar-refractivity contribution in [2.45, 2.75) is 0 Å². The molecule has 0 aliphatic rings. The Morgan fingerprint density at radius 2 is 1.91 bits per heavy atom. The SMILES string of the molecule is COC(=O)c1cc(-c2ccccc2)c2cc(C#N)ccc2n1. The minimum Gasteiger partial charge on any atom is -0.464 e. The van der Waals surface area contributed by atoms with Crippen LogP contribution in [0.25, 0.3) is 22.0 Å². The molecule has 0 aliphatic heterocycles. The summed E-state index contributed by atoms with van der Waals surface area (Å²) in [5.41, 5.74) is 3.26. The average molecular weight is 288 g/mol. The van der Waals surface area contributed by atoms with Gasteiger partial charge in [-0.1, -0.05) is 30.3 Å². The number of benzene rings is 2. The van der Waals surface area contributed by atoms with Gasteiger partial charge in [0.2, 0.25) is 0 Å². The summed E-state index contributed by atoms with van der Waals surface area (Å²) in [6, 6.07) is 18.7. The summed E-state index contributed by atoms with van der Waals surface area (Å²) in [5, 5.41) is 9.93. The number of hydrogen-bond acceptors (Lipinski definition) is 4. The van der Waals surface area contributed by atoms with Crippen molar-refractivity contribution in [2.24, 2.45) is 0 Å². The van der Waals surface area contributed by atoms with E-state index in [0.29, 0.717) is 11.1 Å². The topological polar surface area (TPSA) is 63.0 Å². The fourth-order valence-electron chi connectivity index (χ4n) is 2.36. The molecule has 106 valence electrons. The van der Waals surface area contributed by atoms with Crippen LogP contribution in [0.3, 0.4) is 0 Å². The third kappa shape index (κ3) is 2.40. The van der Waals surface area contributed by atoms with E-state index in [2.05, 4.69) is 11.1 Å². The van der Waals surface area contributed by atoms with Gasteiger partial charge in [0.25, 0.3) is 0 Å². The molecule has 4 nitrogen and oxygen atoms in total. The lowest BCUT2D eigenvalue weighted by atomic mass is 9.99. The highest BCUT2D eigenvalue weighted by Gasteiger charge is 2.14. The number of hydrogen-bond donors (Lipinski definition) is 0. The molecule has 0 saturated carbocycles. The van der Waals surface area contributed by atoms with E-state index in [-0.39, 0.29) is 5.69 Å². The number of fused-ring (bicyclic) bond motifs is 1. The third-order valence-electron chi connectivity index (χ3n) is 3.42. The Bertz CT molecular complexity index is 896. The van der Waals surface area contributed by atoms with Crippen LogP contribution < -0.4 is 0 Å². The zero-order chi connectivity index (χ0) is 15.5. The van der Waals surface area contributed by atoms with Crippen LogP contribution in [0.2, 0.25) is 0 Å². The second kappa shape index (κ2) is 5.66. The number of esters is 1. The lowest BCUT2D eigenvalue weighted by molar-refractivity contribution is 0.0594. The molecule has 0 aliphatic carbocycles. The van der Waals surface area contributed by atoms with Gasteiger partial charge in [0, 0.05) is 5.39 Å². The minimum absolute atomic E-state index is 0.249. The standard InChI is InChI=1S/C18H12N2O2/c1-22-18(21)17-10-14(13-5-3-2-4-6-13)15-9-12(11-19)7-8-16(15)20-17/h2-10H,1H3. The summed E-state index contributed by atoms with van der Waals surface area (Å²) < 4.78 is 4.77. The van der Waals surface area contributed by atoms with Crippen LogP contribution in [0.4, 0.5) is 0 Å². The third-order valence-corrected chi connectivity index (χ3v) is 3.42. The molecule has 0 unspecified atom stereocenters. The fourth-order valence-corrected chi connectivity index (χ4v) is 2.36. The van der Waals surface area contributed by atoms with Crippen LogP contribution in [-0.4, -0.2) is 18.1 Å². The zero-order valence-electron chi connectivity index (χ0n) is 11.9. The Kier molecular flexibility index (Phi) is 3.55. The first-order valence-corrected chi connectivity index (χ1v) is 6.71. The molecule has 1 aromatic heterocycles. The number of methoxy groups -OCH3 is 1. The van der Waals surface area contributed by atoms with Crippen LogP contribution in [0.5, 0.6) is 0 Å². The largest absolute Gasteiger partial charge is 0.464 e. The van der Waals surface area contributed by atoms with Crippen LogP contribution >= 0.6 is 0 Å². The molecule has 2 aromatic carbocycles. The number of carbonyl (C=O) groups is 1. The van der Waals surface area contributed by atoms with E-state index in [1.54, 1.807) is 24.3 Å². The molecule has 0 radical (unpaired) electrons. The summed E-state index contributed by atoms with van der Waals surface area (Å²) in [6.07, 6.45) is 0. The van der Waals surface area contributed by atoms with Gasteiger partial charge in [0.1, 0.15) is 5.69 Å². The molecular weight excluding hydrogens is 276 g/mol. The highest BCUT2D eigenvalue weighted by Crippen LogP contribution is 2.29. The van der Waals surface area contributed by atoms with Crippen LogP contribution in [-0.2, 0) is 4.74 Å². The van der Waals surface area contributed by atoms with E-state index in [0.717, 1.165) is 16.5 Å². The highest BCUT2D eigenvalue weighted by molar-refractivity contribution is 6.00. The van der Waals surface area contributed by atoms with E-state index in [1.807, 2.05) is 30.3 Å². The van der Waals surface area contributed by atoms with Crippen LogP contribution in [0.15, 0.2) is 54.6 Å². The molecule has 0 N–H and O–H groups in total. The van der Waals surface area contributed by atoms with Gasteiger partial charge in [-0.05, 0) is 35.4 Å². The summed E-state index contributed by atoms with van der Waals surface area (Å²) >= 11 is 0. The molecule has 3 rings (SSSR count). The normalized spacial score (nSPS) is 10.2. The first-order valence-electron chi connectivity index (χ1n) is 6.71. The maximum Gasteiger partial charge on any atom is 0.356 e. The molecule has 0 saturated heterocycles. The Morgan fingerprint density at radius 1 is 1.14 bits per heavy atom. The summed E-state index contributed by atoms with van der Waals surface area (Å²) in [4.78, 5) is 16.2. The Balaban J connectivity index is 2.35. The Labute approximate surface area is 127 Å². The number of carbonyl (C=O) groups excluding carboxylic acids is 1. The van der Waals surface area contributed by atoms with Crippen molar-refractivity contribution in [2.75, 3.05) is 7.11 Å². The second-order valence-electron chi connectivity index (χ2n) is 4.76. The van der Waals surface area contributed by atoms with E-state index < -0.39 is 5.97 Å². The van der Waals surface area contributed by atoms with Crippen LogP contribution in [0, 0.1) is 11.3 Å². The molecule has 3 aromatic rings. The van der Waals surface area contributed by atoms with Crippen molar-refractivity contribution in [1.29, 1.82) is 5.26 Å². The maximum absolute atomic E-state index is 11.8. The van der Waals surface area contributed by atoms with Crippen molar-refractivity contribution in [3.05, 3.63) is 65.9 Å². The van der Waals surface area contributed by atoms with E-state index in [1.165, 1.54) is 7.11 Å². The highest BCUT2D eigenvalue weighted by atomic mass is 16.5. The molecule has 0 amide bonds. The number of ether oxygens (including phenoxy) is 1. The van der Waals surface area contributed by atoms with E-state index >= 15 is 0 Å². The van der Waals surface area contributed by atoms with E-state index in [4.69, 9.17) is 10.00 Å². The molecule has 4 heteroatoms. The molecular formula is C18H12N2O2. The van der Waals surface area contributed by atoms with Gasteiger partial charge in [0.15, 0.2) is 0 Å². The summed E-state index contributed by atoms with van der Waals surface area (Å²) in [5.74, 6) is -0.483. The molecule has 0 fully saturated rings. The van der Waals surface area contributed by atoms with Crippen molar-refractivity contribution in [1.82, 2.24) is 4.98 Å². The minimum atomic E-state index is -0.483. The smallest absolute Gasteiger partial charge is 0.356 e. The fraction of sp³-hybridized carbons (Fsp3) is 0.0556. The van der Waals surface area contributed by atoms with Gasteiger partial charge >= 0.3 is 5.97 Å². The molecule has 0 spiro atoms. The number of nitriles is 1. The lowest BCUT2D eigenvalue weighted by Gasteiger charge is -2.09. The van der Waals surface area contributed by atoms with Gasteiger partial charge in [0.05, 0.1) is 24.3 Å². The molecule has 0 atom stereocenters. The molecule has 22 heavy (non-hydrogen) atoms. The van der Waals surface area contributed by atoms with Crippen molar-refractivity contribution in [3.8, 4) is 17.2 Å².